The van der Waals surface area contributed by atoms with Crippen LogP contribution in [0.15, 0.2) is 48.7 Å². The van der Waals surface area contributed by atoms with Gasteiger partial charge in [0.2, 0.25) is 0 Å². The number of nitrogens with one attached hydrogen (secondary N) is 1. The molecule has 2 atom stereocenters. The van der Waals surface area contributed by atoms with Gasteiger partial charge < -0.3 is 5.32 Å². The second kappa shape index (κ2) is 9.12. The highest BCUT2D eigenvalue weighted by Crippen LogP contribution is 2.24. The van der Waals surface area contributed by atoms with Gasteiger partial charge in [-0.1, -0.05) is 50.1 Å². The summed E-state index contributed by atoms with van der Waals surface area (Å²) in [5.41, 5.74) is 3.86. The Hall–Kier alpha value is -1.71. The Morgan fingerprint density at radius 2 is 1.76 bits per heavy atom. The number of pyridine rings is 1. The van der Waals surface area contributed by atoms with Crippen LogP contribution in [0.1, 0.15) is 49.4 Å². The fraction of sp³-hybridized carbons (Fsp3) is 0.500. The third-order valence-corrected chi connectivity index (χ3v) is 5.31. The number of hydrogen-bond donors (Lipinski definition) is 1. The van der Waals surface area contributed by atoms with Crippen molar-refractivity contribution in [2.75, 3.05) is 7.05 Å². The van der Waals surface area contributed by atoms with Crippen LogP contribution in [0.2, 0.25) is 0 Å². The molecule has 1 aromatic heterocycles. The molecule has 1 aromatic carbocycles. The topological polar surface area (TPSA) is 28.2 Å². The smallest absolute Gasteiger partial charge is 0.0543 e. The molecule has 0 radical (unpaired) electrons. The van der Waals surface area contributed by atoms with E-state index in [1.165, 1.54) is 36.8 Å². The van der Waals surface area contributed by atoms with Crippen LogP contribution < -0.4 is 5.32 Å². The van der Waals surface area contributed by atoms with Gasteiger partial charge in [0, 0.05) is 31.9 Å². The Kier molecular flexibility index (Phi) is 6.60. The van der Waals surface area contributed by atoms with E-state index in [1.54, 1.807) is 0 Å². The van der Waals surface area contributed by atoms with Gasteiger partial charge in [0.25, 0.3) is 0 Å². The summed E-state index contributed by atoms with van der Waals surface area (Å²) in [7, 11) is 2.15. The number of rotatable bonds is 7. The molecule has 1 heterocycles. The fourth-order valence-corrected chi connectivity index (χ4v) is 3.77. The SMILES string of the molecule is C[C@H]1CCCC[C@H]1NCc1ccc(CN(C)Cc2ccccn2)cc1. The van der Waals surface area contributed by atoms with E-state index in [1.807, 2.05) is 18.3 Å². The maximum atomic E-state index is 4.40. The van der Waals surface area contributed by atoms with Gasteiger partial charge in [0.05, 0.1) is 5.69 Å². The van der Waals surface area contributed by atoms with Crippen molar-refractivity contribution in [2.45, 2.75) is 58.3 Å². The third-order valence-electron chi connectivity index (χ3n) is 5.31. The van der Waals surface area contributed by atoms with Crippen LogP contribution >= 0.6 is 0 Å². The highest BCUT2D eigenvalue weighted by molar-refractivity contribution is 5.22. The Morgan fingerprint density at radius 3 is 2.48 bits per heavy atom. The normalized spacial score (nSPS) is 20.8. The molecule has 2 aromatic rings. The minimum Gasteiger partial charge on any atom is -0.310 e. The highest BCUT2D eigenvalue weighted by Gasteiger charge is 2.20. The molecule has 3 nitrogen and oxygen atoms in total. The first-order chi connectivity index (χ1) is 12.2. The fourth-order valence-electron chi connectivity index (χ4n) is 3.77. The van der Waals surface area contributed by atoms with Crippen LogP contribution in [-0.4, -0.2) is 23.0 Å². The van der Waals surface area contributed by atoms with E-state index >= 15 is 0 Å². The summed E-state index contributed by atoms with van der Waals surface area (Å²) in [6.07, 6.45) is 7.35. The summed E-state index contributed by atoms with van der Waals surface area (Å²) in [6.45, 7) is 5.20. The zero-order valence-corrected chi connectivity index (χ0v) is 15.6. The van der Waals surface area contributed by atoms with Gasteiger partial charge in [0.1, 0.15) is 0 Å². The second-order valence-corrected chi connectivity index (χ2v) is 7.56. The Balaban J connectivity index is 1.46. The molecule has 134 valence electrons. The number of nitrogens with zero attached hydrogens (tertiary/aromatic N) is 2. The molecular formula is C22H31N3. The molecule has 1 fully saturated rings. The van der Waals surface area contributed by atoms with Gasteiger partial charge in [-0.3, -0.25) is 9.88 Å². The van der Waals surface area contributed by atoms with Crippen LogP contribution in [0.25, 0.3) is 0 Å². The molecule has 1 saturated carbocycles. The minimum absolute atomic E-state index is 0.693. The van der Waals surface area contributed by atoms with Crippen molar-refractivity contribution in [3.05, 3.63) is 65.5 Å². The van der Waals surface area contributed by atoms with Gasteiger partial charge in [0.15, 0.2) is 0 Å². The van der Waals surface area contributed by atoms with Crippen molar-refractivity contribution in [1.82, 2.24) is 15.2 Å². The lowest BCUT2D eigenvalue weighted by atomic mass is 9.86. The van der Waals surface area contributed by atoms with E-state index < -0.39 is 0 Å². The standard InChI is InChI=1S/C22H31N3/c1-18-7-3-4-9-22(18)24-15-19-10-12-20(13-11-19)16-25(2)17-21-8-5-6-14-23-21/h5-6,8,10-14,18,22,24H,3-4,7,9,15-17H2,1-2H3/t18-,22+/m0/s1. The maximum Gasteiger partial charge on any atom is 0.0543 e. The Morgan fingerprint density at radius 1 is 1.00 bits per heavy atom. The molecule has 0 amide bonds. The van der Waals surface area contributed by atoms with Crippen molar-refractivity contribution < 1.29 is 0 Å². The largest absolute Gasteiger partial charge is 0.310 e. The number of hydrogen-bond acceptors (Lipinski definition) is 3. The summed E-state index contributed by atoms with van der Waals surface area (Å²) < 4.78 is 0. The quantitative estimate of drug-likeness (QED) is 0.812. The van der Waals surface area contributed by atoms with Crippen molar-refractivity contribution in [3.8, 4) is 0 Å². The van der Waals surface area contributed by atoms with Crippen molar-refractivity contribution >= 4 is 0 Å². The summed E-state index contributed by atoms with van der Waals surface area (Å²) in [5.74, 6) is 0.813. The molecule has 0 aliphatic heterocycles. The zero-order valence-electron chi connectivity index (χ0n) is 15.6. The molecule has 0 saturated heterocycles. The van der Waals surface area contributed by atoms with E-state index in [0.29, 0.717) is 6.04 Å². The molecule has 0 unspecified atom stereocenters. The predicted molar refractivity (Wildman–Crippen MR) is 104 cm³/mol. The third kappa shape index (κ3) is 5.65. The molecule has 1 aliphatic carbocycles. The average Bonchev–Trinajstić information content (AvgIpc) is 2.63. The van der Waals surface area contributed by atoms with Crippen LogP contribution in [-0.2, 0) is 19.6 Å². The molecule has 0 spiro atoms. The maximum absolute atomic E-state index is 4.40. The minimum atomic E-state index is 0.693. The van der Waals surface area contributed by atoms with Gasteiger partial charge in [-0.25, -0.2) is 0 Å². The lowest BCUT2D eigenvalue weighted by Gasteiger charge is -2.29. The Labute approximate surface area is 152 Å². The first-order valence-corrected chi connectivity index (χ1v) is 9.60. The van der Waals surface area contributed by atoms with E-state index in [-0.39, 0.29) is 0 Å². The van der Waals surface area contributed by atoms with E-state index in [4.69, 9.17) is 0 Å². The molecular weight excluding hydrogens is 306 g/mol. The first kappa shape index (κ1) is 18.1. The van der Waals surface area contributed by atoms with E-state index in [9.17, 15) is 0 Å². The highest BCUT2D eigenvalue weighted by atomic mass is 15.1. The zero-order chi connectivity index (χ0) is 17.5. The number of benzene rings is 1. The van der Waals surface area contributed by atoms with Crippen LogP contribution in [0.4, 0.5) is 0 Å². The van der Waals surface area contributed by atoms with Crippen LogP contribution in [0, 0.1) is 5.92 Å². The summed E-state index contributed by atoms with van der Waals surface area (Å²) in [4.78, 5) is 6.70. The summed E-state index contributed by atoms with van der Waals surface area (Å²) >= 11 is 0. The Bertz CT molecular complexity index is 623. The molecule has 1 aliphatic rings. The number of aromatic nitrogens is 1. The summed E-state index contributed by atoms with van der Waals surface area (Å²) in [5, 5.41) is 3.76. The van der Waals surface area contributed by atoms with Crippen molar-refractivity contribution in [3.63, 3.8) is 0 Å². The van der Waals surface area contributed by atoms with E-state index in [2.05, 4.69) is 59.5 Å². The average molecular weight is 338 g/mol. The first-order valence-electron chi connectivity index (χ1n) is 9.60. The monoisotopic (exact) mass is 337 g/mol. The molecule has 3 heteroatoms. The van der Waals surface area contributed by atoms with Crippen LogP contribution in [0.5, 0.6) is 0 Å². The van der Waals surface area contributed by atoms with Gasteiger partial charge in [-0.05, 0) is 49.1 Å². The molecule has 0 bridgehead atoms. The summed E-state index contributed by atoms with van der Waals surface area (Å²) in [6, 6.07) is 15.8. The molecule has 25 heavy (non-hydrogen) atoms. The lowest BCUT2D eigenvalue weighted by Crippen LogP contribution is -2.36. The van der Waals surface area contributed by atoms with Gasteiger partial charge >= 0.3 is 0 Å². The van der Waals surface area contributed by atoms with Crippen LogP contribution in [0.3, 0.4) is 0 Å². The van der Waals surface area contributed by atoms with Gasteiger partial charge in [-0.15, -0.1) is 0 Å². The van der Waals surface area contributed by atoms with Crippen molar-refractivity contribution in [1.29, 1.82) is 0 Å². The predicted octanol–water partition coefficient (Wildman–Crippen LogP) is 4.38. The van der Waals surface area contributed by atoms with Crippen molar-refractivity contribution in [2.24, 2.45) is 5.92 Å². The lowest BCUT2D eigenvalue weighted by molar-refractivity contribution is 0.279. The van der Waals surface area contributed by atoms with Gasteiger partial charge in [-0.2, -0.15) is 0 Å². The van der Waals surface area contributed by atoms with E-state index in [0.717, 1.165) is 31.2 Å². The molecule has 3 rings (SSSR count). The molecule has 1 N–H and O–H groups in total. The second-order valence-electron chi connectivity index (χ2n) is 7.56.